The van der Waals surface area contributed by atoms with Crippen LogP contribution in [0.25, 0.3) is 11.5 Å². The second-order valence-corrected chi connectivity index (χ2v) is 4.27. The molecule has 1 heterocycles. The van der Waals surface area contributed by atoms with Crippen molar-refractivity contribution < 1.29 is 8.81 Å². The zero-order chi connectivity index (χ0) is 13.8. The van der Waals surface area contributed by atoms with Gasteiger partial charge in [0.1, 0.15) is 5.82 Å². The molecule has 0 saturated carbocycles. The third-order valence-corrected chi connectivity index (χ3v) is 2.93. The number of nitrogens with zero attached hydrogens (tertiary/aromatic N) is 2. The Bertz CT molecular complexity index is 681. The fourth-order valence-corrected chi connectivity index (χ4v) is 1.87. The topological polar surface area (TPSA) is 51.0 Å². The van der Waals surface area contributed by atoms with E-state index >= 15 is 0 Å². The maximum atomic E-state index is 13.5. The Morgan fingerprint density at radius 3 is 2.55 bits per heavy atom. The quantitative estimate of drug-likeness (QED) is 0.787. The first-order valence-electron chi connectivity index (χ1n) is 6.17. The van der Waals surface area contributed by atoms with Crippen LogP contribution in [0.5, 0.6) is 0 Å². The largest absolute Gasteiger partial charge is 0.423 e. The molecule has 2 aromatic carbocycles. The van der Waals surface area contributed by atoms with Crippen molar-refractivity contribution in [1.29, 1.82) is 0 Å². The van der Waals surface area contributed by atoms with E-state index in [2.05, 4.69) is 15.5 Å². The van der Waals surface area contributed by atoms with Crippen molar-refractivity contribution in [1.82, 2.24) is 10.2 Å². The van der Waals surface area contributed by atoms with Crippen LogP contribution < -0.4 is 5.32 Å². The van der Waals surface area contributed by atoms with Gasteiger partial charge < -0.3 is 9.73 Å². The van der Waals surface area contributed by atoms with E-state index in [1.165, 1.54) is 12.5 Å². The Morgan fingerprint density at radius 1 is 1.05 bits per heavy atom. The first-order chi connectivity index (χ1) is 9.83. The Labute approximate surface area is 115 Å². The van der Waals surface area contributed by atoms with Gasteiger partial charge in [-0.3, -0.25) is 0 Å². The first kappa shape index (κ1) is 12.3. The summed E-state index contributed by atoms with van der Waals surface area (Å²) < 4.78 is 18.6. The van der Waals surface area contributed by atoms with Gasteiger partial charge in [0, 0.05) is 23.4 Å². The monoisotopic (exact) mass is 269 g/mol. The molecular formula is C15H12FN3O. The summed E-state index contributed by atoms with van der Waals surface area (Å²) in [5, 5.41) is 10.6. The van der Waals surface area contributed by atoms with Crippen molar-refractivity contribution in [3.63, 3.8) is 0 Å². The van der Waals surface area contributed by atoms with Crippen LogP contribution in [0.2, 0.25) is 0 Å². The summed E-state index contributed by atoms with van der Waals surface area (Å²) >= 11 is 0. The molecule has 5 heteroatoms. The van der Waals surface area contributed by atoms with Gasteiger partial charge in [0.15, 0.2) is 0 Å². The highest BCUT2D eigenvalue weighted by Crippen LogP contribution is 2.19. The lowest BCUT2D eigenvalue weighted by Gasteiger charge is -2.07. The maximum Gasteiger partial charge on any atom is 0.247 e. The van der Waals surface area contributed by atoms with Gasteiger partial charge in [-0.25, -0.2) is 4.39 Å². The van der Waals surface area contributed by atoms with Crippen LogP contribution in [0, 0.1) is 5.82 Å². The van der Waals surface area contributed by atoms with Crippen LogP contribution in [0.4, 0.5) is 10.1 Å². The van der Waals surface area contributed by atoms with E-state index in [4.69, 9.17) is 4.42 Å². The number of aromatic nitrogens is 2. The number of rotatable bonds is 4. The molecule has 3 aromatic rings. The fraction of sp³-hybridized carbons (Fsp3) is 0.0667. The van der Waals surface area contributed by atoms with Crippen LogP contribution in [0.3, 0.4) is 0 Å². The molecule has 1 aromatic heterocycles. The third kappa shape index (κ3) is 2.66. The maximum absolute atomic E-state index is 13.5. The van der Waals surface area contributed by atoms with Crippen LogP contribution in [0.15, 0.2) is 59.3 Å². The van der Waals surface area contributed by atoms with Gasteiger partial charge in [0.2, 0.25) is 12.3 Å². The molecule has 3 rings (SSSR count). The summed E-state index contributed by atoms with van der Waals surface area (Å²) in [5.41, 5.74) is 2.38. The van der Waals surface area contributed by atoms with Crippen molar-refractivity contribution in [2.24, 2.45) is 0 Å². The van der Waals surface area contributed by atoms with Crippen molar-refractivity contribution in [3.8, 4) is 11.5 Å². The molecule has 0 spiro atoms. The van der Waals surface area contributed by atoms with Crippen molar-refractivity contribution in [2.45, 2.75) is 6.54 Å². The van der Waals surface area contributed by atoms with E-state index in [9.17, 15) is 4.39 Å². The zero-order valence-electron chi connectivity index (χ0n) is 10.6. The standard InChI is InChI=1S/C15H12FN3O/c16-14-4-2-1-3-12(14)9-17-13-7-5-11(6-8-13)15-19-18-10-20-15/h1-8,10,17H,9H2. The van der Waals surface area contributed by atoms with Gasteiger partial charge in [-0.15, -0.1) is 10.2 Å². The van der Waals surface area contributed by atoms with Gasteiger partial charge in [-0.2, -0.15) is 0 Å². The smallest absolute Gasteiger partial charge is 0.247 e. The molecule has 0 amide bonds. The number of anilines is 1. The molecule has 0 aliphatic rings. The van der Waals surface area contributed by atoms with Crippen molar-refractivity contribution >= 4 is 5.69 Å². The molecule has 1 N–H and O–H groups in total. The lowest BCUT2D eigenvalue weighted by Crippen LogP contribution is -2.01. The van der Waals surface area contributed by atoms with Crippen molar-refractivity contribution in [2.75, 3.05) is 5.32 Å². The lowest BCUT2D eigenvalue weighted by atomic mass is 10.2. The van der Waals surface area contributed by atoms with E-state index in [0.717, 1.165) is 11.3 Å². The summed E-state index contributed by atoms with van der Waals surface area (Å²) in [4.78, 5) is 0. The normalized spacial score (nSPS) is 10.4. The van der Waals surface area contributed by atoms with E-state index in [1.54, 1.807) is 12.1 Å². The SMILES string of the molecule is Fc1ccccc1CNc1ccc(-c2nnco2)cc1. The van der Waals surface area contributed by atoms with Crippen molar-refractivity contribution in [3.05, 3.63) is 66.3 Å². The third-order valence-electron chi connectivity index (χ3n) is 2.93. The predicted molar refractivity (Wildman–Crippen MR) is 73.5 cm³/mol. The zero-order valence-corrected chi connectivity index (χ0v) is 10.6. The van der Waals surface area contributed by atoms with Gasteiger partial charge in [-0.05, 0) is 30.3 Å². The van der Waals surface area contributed by atoms with Crippen LogP contribution in [0.1, 0.15) is 5.56 Å². The molecule has 0 aliphatic carbocycles. The summed E-state index contributed by atoms with van der Waals surface area (Å²) in [5.74, 6) is 0.271. The number of hydrogen-bond acceptors (Lipinski definition) is 4. The van der Waals surface area contributed by atoms with E-state index in [0.29, 0.717) is 18.0 Å². The highest BCUT2D eigenvalue weighted by Gasteiger charge is 2.03. The van der Waals surface area contributed by atoms with Crippen LogP contribution in [-0.4, -0.2) is 10.2 Å². The Balaban J connectivity index is 1.68. The average Bonchev–Trinajstić information content (AvgIpc) is 3.01. The summed E-state index contributed by atoms with van der Waals surface area (Å²) in [6.07, 6.45) is 1.29. The minimum Gasteiger partial charge on any atom is -0.423 e. The number of halogens is 1. The summed E-state index contributed by atoms with van der Waals surface area (Å²) in [6, 6.07) is 14.2. The van der Waals surface area contributed by atoms with Crippen LogP contribution in [-0.2, 0) is 6.54 Å². The Hall–Kier alpha value is -2.69. The average molecular weight is 269 g/mol. The fourth-order valence-electron chi connectivity index (χ4n) is 1.87. The van der Waals surface area contributed by atoms with E-state index in [-0.39, 0.29) is 5.82 Å². The molecule has 0 aliphatic heterocycles. The van der Waals surface area contributed by atoms with E-state index < -0.39 is 0 Å². The van der Waals surface area contributed by atoms with Gasteiger partial charge in [-0.1, -0.05) is 18.2 Å². The molecule has 0 unspecified atom stereocenters. The molecule has 100 valence electrons. The highest BCUT2D eigenvalue weighted by atomic mass is 19.1. The Morgan fingerprint density at radius 2 is 1.85 bits per heavy atom. The molecule has 4 nitrogen and oxygen atoms in total. The van der Waals surface area contributed by atoms with Crippen LogP contribution >= 0.6 is 0 Å². The number of nitrogens with one attached hydrogen (secondary N) is 1. The second kappa shape index (κ2) is 5.52. The minimum atomic E-state index is -0.206. The second-order valence-electron chi connectivity index (χ2n) is 4.27. The number of benzene rings is 2. The molecule has 0 fully saturated rings. The number of hydrogen-bond donors (Lipinski definition) is 1. The van der Waals surface area contributed by atoms with Gasteiger partial charge >= 0.3 is 0 Å². The summed E-state index contributed by atoms with van der Waals surface area (Å²) in [6.45, 7) is 0.437. The summed E-state index contributed by atoms with van der Waals surface area (Å²) in [7, 11) is 0. The lowest BCUT2D eigenvalue weighted by molar-refractivity contribution is 0.568. The predicted octanol–water partition coefficient (Wildman–Crippen LogP) is 3.49. The Kier molecular flexibility index (Phi) is 3.41. The molecule has 0 bridgehead atoms. The highest BCUT2D eigenvalue weighted by molar-refractivity contribution is 5.58. The molecule has 20 heavy (non-hydrogen) atoms. The first-order valence-corrected chi connectivity index (χ1v) is 6.17. The molecule has 0 radical (unpaired) electrons. The van der Waals surface area contributed by atoms with E-state index in [1.807, 2.05) is 30.3 Å². The molecule has 0 saturated heterocycles. The van der Waals surface area contributed by atoms with Gasteiger partial charge in [0.25, 0.3) is 0 Å². The minimum absolute atomic E-state index is 0.206. The van der Waals surface area contributed by atoms with Gasteiger partial charge in [0.05, 0.1) is 0 Å². The molecule has 0 atom stereocenters. The molecular weight excluding hydrogens is 257 g/mol.